The predicted molar refractivity (Wildman–Crippen MR) is 97.0 cm³/mol. The van der Waals surface area contributed by atoms with Gasteiger partial charge in [-0.15, -0.1) is 0 Å². The van der Waals surface area contributed by atoms with Crippen LogP contribution in [0.15, 0.2) is 24.4 Å². The van der Waals surface area contributed by atoms with Crippen LogP contribution in [0.25, 0.3) is 0 Å². The number of nitrogens with one attached hydrogen (secondary N) is 1. The lowest BCUT2D eigenvalue weighted by atomic mass is 9.51. The Morgan fingerprint density at radius 2 is 2.04 bits per heavy atom. The van der Waals surface area contributed by atoms with E-state index in [0.29, 0.717) is 24.5 Å². The van der Waals surface area contributed by atoms with Crippen LogP contribution in [-0.2, 0) is 9.47 Å². The van der Waals surface area contributed by atoms with Gasteiger partial charge >= 0.3 is 0 Å². The quantitative estimate of drug-likeness (QED) is 0.859. The van der Waals surface area contributed by atoms with Crippen molar-refractivity contribution in [1.29, 1.82) is 21.2 Å². The van der Waals surface area contributed by atoms with E-state index in [1.54, 1.807) is 24.4 Å². The molecule has 3 fully saturated rings. The summed E-state index contributed by atoms with van der Waals surface area (Å²) in [5.41, 5.74) is -3.19. The van der Waals surface area contributed by atoms with Crippen molar-refractivity contribution in [3.05, 3.63) is 30.1 Å². The first-order chi connectivity index (χ1) is 13.5. The van der Waals surface area contributed by atoms with Crippen molar-refractivity contribution in [2.24, 2.45) is 22.7 Å². The molecule has 2 bridgehead atoms. The number of aromatic nitrogens is 1. The van der Waals surface area contributed by atoms with Gasteiger partial charge in [-0.1, -0.05) is 25.8 Å². The van der Waals surface area contributed by atoms with Crippen LogP contribution in [0.1, 0.15) is 50.8 Å². The molecule has 4 rings (SSSR count). The molecule has 1 aromatic heterocycles. The molecule has 7 heteroatoms. The molecule has 1 aromatic rings. The van der Waals surface area contributed by atoms with Gasteiger partial charge in [0.1, 0.15) is 6.10 Å². The summed E-state index contributed by atoms with van der Waals surface area (Å²) in [6, 6.07) is 11.5. The van der Waals surface area contributed by atoms with Gasteiger partial charge in [0.2, 0.25) is 17.1 Å². The van der Waals surface area contributed by atoms with Crippen LogP contribution in [0.5, 0.6) is 0 Å². The largest absolute Gasteiger partial charge is 0.447 e. The summed E-state index contributed by atoms with van der Waals surface area (Å²) in [6.07, 6.45) is 4.50. The average Bonchev–Trinajstić information content (AvgIpc) is 2.93. The Labute approximate surface area is 164 Å². The minimum absolute atomic E-state index is 0.321. The fourth-order valence-corrected chi connectivity index (χ4v) is 5.38. The lowest BCUT2D eigenvalue weighted by Crippen LogP contribution is -2.61. The van der Waals surface area contributed by atoms with Crippen LogP contribution in [0, 0.1) is 62.1 Å². The first-order valence-electron chi connectivity index (χ1n) is 9.64. The summed E-state index contributed by atoms with van der Waals surface area (Å²) in [6.45, 7) is 2.11. The van der Waals surface area contributed by atoms with E-state index in [-0.39, 0.29) is 5.90 Å². The summed E-state index contributed by atoms with van der Waals surface area (Å²) >= 11 is 0. The molecule has 5 unspecified atom stereocenters. The van der Waals surface area contributed by atoms with Crippen molar-refractivity contribution in [3.63, 3.8) is 0 Å². The van der Waals surface area contributed by atoms with Gasteiger partial charge in [0, 0.05) is 12.6 Å². The van der Waals surface area contributed by atoms with E-state index >= 15 is 0 Å². The molecule has 3 heterocycles. The van der Waals surface area contributed by atoms with Crippen molar-refractivity contribution in [3.8, 4) is 18.2 Å². The van der Waals surface area contributed by atoms with Crippen molar-refractivity contribution >= 4 is 5.90 Å². The lowest BCUT2D eigenvalue weighted by Gasteiger charge is -2.52. The van der Waals surface area contributed by atoms with Crippen LogP contribution in [0.2, 0.25) is 0 Å². The van der Waals surface area contributed by atoms with Crippen molar-refractivity contribution in [2.75, 3.05) is 0 Å². The van der Waals surface area contributed by atoms with Gasteiger partial charge in [-0.3, -0.25) is 10.4 Å². The molecule has 7 nitrogen and oxygen atoms in total. The third-order valence-corrected chi connectivity index (χ3v) is 6.67. The normalized spacial score (nSPS) is 37.6. The molecule has 1 aliphatic carbocycles. The highest BCUT2D eigenvalue weighted by Gasteiger charge is 2.81. The molecule has 0 amide bonds. The van der Waals surface area contributed by atoms with Crippen molar-refractivity contribution < 1.29 is 9.47 Å². The third-order valence-electron chi connectivity index (χ3n) is 6.67. The van der Waals surface area contributed by atoms with Crippen molar-refractivity contribution in [2.45, 2.75) is 50.9 Å². The van der Waals surface area contributed by atoms with Gasteiger partial charge in [0.15, 0.2) is 5.41 Å². The fourth-order valence-electron chi connectivity index (χ4n) is 5.38. The van der Waals surface area contributed by atoms with Crippen LogP contribution in [-0.4, -0.2) is 16.7 Å². The third kappa shape index (κ3) is 2.04. The standard InChI is InChI=1S/C21H21N5O2/c1-2-5-14-7-8-21-16(10-14)20(13-24,18(25)28-21)19(11-22,12-23)17(27-21)15-6-3-4-9-26-15/h3-4,6,9,14,16-17,25H,2,5,7-8,10H2,1H3. The minimum atomic E-state index is -1.91. The summed E-state index contributed by atoms with van der Waals surface area (Å²) < 4.78 is 12.3. The van der Waals surface area contributed by atoms with E-state index in [9.17, 15) is 15.8 Å². The topological polar surface area (TPSA) is 127 Å². The van der Waals surface area contributed by atoms with E-state index in [2.05, 4.69) is 30.1 Å². The van der Waals surface area contributed by atoms with Crippen LogP contribution < -0.4 is 0 Å². The van der Waals surface area contributed by atoms with Crippen LogP contribution >= 0.6 is 0 Å². The highest BCUT2D eigenvalue weighted by molar-refractivity contribution is 5.89. The molecule has 28 heavy (non-hydrogen) atoms. The van der Waals surface area contributed by atoms with Crippen molar-refractivity contribution in [1.82, 2.24) is 4.98 Å². The van der Waals surface area contributed by atoms with Gasteiger partial charge < -0.3 is 9.47 Å². The fraction of sp³-hybridized carbons (Fsp3) is 0.571. The Morgan fingerprint density at radius 1 is 1.25 bits per heavy atom. The summed E-state index contributed by atoms with van der Waals surface area (Å²) in [7, 11) is 0. The highest BCUT2D eigenvalue weighted by atomic mass is 16.7. The van der Waals surface area contributed by atoms with Gasteiger partial charge in [-0.25, -0.2) is 0 Å². The van der Waals surface area contributed by atoms with E-state index in [1.807, 2.05) is 0 Å². The molecular formula is C21H21N5O2. The maximum absolute atomic E-state index is 10.3. The summed E-state index contributed by atoms with van der Waals surface area (Å²) in [5.74, 6) is -1.65. The molecule has 0 spiro atoms. The molecular weight excluding hydrogens is 354 g/mol. The zero-order chi connectivity index (χ0) is 20.0. The SMILES string of the molecule is CCCC1CCC23OC(=N)C(C#N)(C2C1)C(C#N)(C#N)C(c1ccccn1)O3. The first-order valence-corrected chi connectivity index (χ1v) is 9.64. The molecule has 1 saturated carbocycles. The van der Waals surface area contributed by atoms with E-state index in [1.165, 1.54) is 0 Å². The zero-order valence-corrected chi connectivity index (χ0v) is 15.7. The number of ether oxygens (including phenoxy) is 2. The summed E-state index contributed by atoms with van der Waals surface area (Å²) in [5, 5.41) is 39.2. The van der Waals surface area contributed by atoms with E-state index in [0.717, 1.165) is 19.3 Å². The molecule has 2 aliphatic heterocycles. The second kappa shape index (κ2) is 6.30. The Kier molecular flexibility index (Phi) is 4.14. The minimum Gasteiger partial charge on any atom is -0.447 e. The Hall–Kier alpha value is -2.95. The molecule has 0 radical (unpaired) electrons. The van der Waals surface area contributed by atoms with Gasteiger partial charge in [-0.2, -0.15) is 15.8 Å². The molecule has 0 aromatic carbocycles. The van der Waals surface area contributed by atoms with Crippen LogP contribution in [0.3, 0.4) is 0 Å². The van der Waals surface area contributed by atoms with Gasteiger partial charge in [0.05, 0.1) is 29.8 Å². The van der Waals surface area contributed by atoms with Gasteiger partial charge in [-0.05, 0) is 30.9 Å². The summed E-state index contributed by atoms with van der Waals surface area (Å²) in [4.78, 5) is 4.30. The molecule has 5 atom stereocenters. The predicted octanol–water partition coefficient (Wildman–Crippen LogP) is 3.62. The Morgan fingerprint density at radius 3 is 2.64 bits per heavy atom. The van der Waals surface area contributed by atoms with Crippen LogP contribution in [0.4, 0.5) is 0 Å². The monoisotopic (exact) mass is 375 g/mol. The number of hydrogen-bond donors (Lipinski definition) is 1. The average molecular weight is 375 g/mol. The Balaban J connectivity index is 1.93. The Bertz CT molecular complexity index is 913. The molecule has 2 saturated heterocycles. The number of hydrogen-bond acceptors (Lipinski definition) is 7. The number of nitriles is 3. The maximum Gasteiger partial charge on any atom is 0.217 e. The van der Waals surface area contributed by atoms with E-state index in [4.69, 9.17) is 14.9 Å². The second-order valence-electron chi connectivity index (χ2n) is 7.93. The van der Waals surface area contributed by atoms with E-state index < -0.39 is 28.6 Å². The first kappa shape index (κ1) is 18.4. The molecule has 1 N–H and O–H groups in total. The maximum atomic E-state index is 10.3. The smallest absolute Gasteiger partial charge is 0.217 e. The molecule has 142 valence electrons. The highest BCUT2D eigenvalue weighted by Crippen LogP contribution is 2.69. The number of rotatable bonds is 3. The second-order valence-corrected chi connectivity index (χ2v) is 7.93. The molecule has 3 aliphatic rings. The zero-order valence-electron chi connectivity index (χ0n) is 15.7. The van der Waals surface area contributed by atoms with Gasteiger partial charge in [0.25, 0.3) is 0 Å². The lowest BCUT2D eigenvalue weighted by molar-refractivity contribution is -0.299. The number of pyridine rings is 1. The number of nitrogens with zero attached hydrogens (tertiary/aromatic N) is 4.